The summed E-state index contributed by atoms with van der Waals surface area (Å²) in [6.45, 7) is 6.11. The Hall–Kier alpha value is -2.65. The third kappa shape index (κ3) is 3.56. The van der Waals surface area contributed by atoms with E-state index < -0.39 is 0 Å². The number of nitrogens with zero attached hydrogens (tertiary/aromatic N) is 5. The molecule has 2 saturated heterocycles. The van der Waals surface area contributed by atoms with Crippen LogP contribution in [-0.4, -0.2) is 61.3 Å². The van der Waals surface area contributed by atoms with Gasteiger partial charge in [-0.2, -0.15) is 5.10 Å². The lowest BCUT2D eigenvalue weighted by Gasteiger charge is -2.21. The number of ether oxygens (including phenoxy) is 1. The molecule has 3 aromatic heterocycles. The van der Waals surface area contributed by atoms with Crippen LogP contribution in [0.25, 0.3) is 11.0 Å². The standard InChI is InChI=1S/C20H25N7O2/c1-12-9-27(11-15-21-5-2-6-22-15)10-14(12)19-23-17-16(13-3-7-29-8-4-13)25-26-18(17)20(28)24-19/h2,5-6,12-14H,3-4,7-11H2,1H3,(H,25,26)(H,23,24,28). The van der Waals surface area contributed by atoms with Crippen molar-refractivity contribution in [2.75, 3.05) is 26.3 Å². The summed E-state index contributed by atoms with van der Waals surface area (Å²) in [6, 6.07) is 1.82. The van der Waals surface area contributed by atoms with Gasteiger partial charge in [-0.25, -0.2) is 15.0 Å². The van der Waals surface area contributed by atoms with Gasteiger partial charge in [-0.05, 0) is 24.8 Å². The number of aromatic nitrogens is 6. The number of aromatic amines is 2. The van der Waals surface area contributed by atoms with E-state index in [1.165, 1.54) is 0 Å². The predicted octanol–water partition coefficient (Wildman–Crippen LogP) is 1.57. The third-order valence-corrected chi connectivity index (χ3v) is 6.11. The van der Waals surface area contributed by atoms with Crippen molar-refractivity contribution < 1.29 is 4.74 Å². The zero-order chi connectivity index (χ0) is 19.8. The van der Waals surface area contributed by atoms with Crippen molar-refractivity contribution in [3.05, 3.63) is 46.2 Å². The van der Waals surface area contributed by atoms with Crippen molar-refractivity contribution in [2.24, 2.45) is 5.92 Å². The minimum atomic E-state index is -0.170. The van der Waals surface area contributed by atoms with Crippen LogP contribution in [0.15, 0.2) is 23.3 Å². The molecule has 0 radical (unpaired) electrons. The SMILES string of the molecule is CC1CN(Cc2ncccn2)CC1c1nc2c(C3CCOCC3)[nH]nc2c(=O)[nH]1. The first-order valence-electron chi connectivity index (χ1n) is 10.2. The maximum atomic E-state index is 12.7. The predicted molar refractivity (Wildman–Crippen MR) is 107 cm³/mol. The first-order valence-corrected chi connectivity index (χ1v) is 10.2. The zero-order valence-electron chi connectivity index (χ0n) is 16.5. The van der Waals surface area contributed by atoms with Crippen molar-refractivity contribution in [1.82, 2.24) is 35.0 Å². The van der Waals surface area contributed by atoms with Gasteiger partial charge in [0.15, 0.2) is 5.52 Å². The number of fused-ring (bicyclic) bond motifs is 1. The van der Waals surface area contributed by atoms with Crippen LogP contribution in [0.5, 0.6) is 0 Å². The Morgan fingerprint density at radius 2 is 1.97 bits per heavy atom. The van der Waals surface area contributed by atoms with E-state index in [4.69, 9.17) is 9.72 Å². The Morgan fingerprint density at radius 3 is 2.76 bits per heavy atom. The zero-order valence-corrected chi connectivity index (χ0v) is 16.5. The van der Waals surface area contributed by atoms with Gasteiger partial charge in [0.25, 0.3) is 5.56 Å². The van der Waals surface area contributed by atoms with Gasteiger partial charge in [0, 0.05) is 50.5 Å². The van der Waals surface area contributed by atoms with Crippen LogP contribution in [0.4, 0.5) is 0 Å². The molecule has 0 saturated carbocycles. The highest BCUT2D eigenvalue weighted by Gasteiger charge is 2.34. The molecule has 9 nitrogen and oxygen atoms in total. The summed E-state index contributed by atoms with van der Waals surface area (Å²) in [7, 11) is 0. The summed E-state index contributed by atoms with van der Waals surface area (Å²) in [6.07, 6.45) is 5.38. The fourth-order valence-electron chi connectivity index (χ4n) is 4.56. The van der Waals surface area contributed by atoms with E-state index in [9.17, 15) is 4.79 Å². The summed E-state index contributed by atoms with van der Waals surface area (Å²) in [5.41, 5.74) is 1.91. The minimum Gasteiger partial charge on any atom is -0.381 e. The molecule has 2 unspecified atom stereocenters. The molecule has 152 valence electrons. The quantitative estimate of drug-likeness (QED) is 0.689. The molecular weight excluding hydrogens is 370 g/mol. The lowest BCUT2D eigenvalue weighted by atomic mass is 9.95. The molecule has 0 amide bonds. The molecule has 0 bridgehead atoms. The van der Waals surface area contributed by atoms with Gasteiger partial charge >= 0.3 is 0 Å². The Labute approximate surface area is 167 Å². The van der Waals surface area contributed by atoms with Gasteiger partial charge in [0.1, 0.15) is 17.2 Å². The van der Waals surface area contributed by atoms with E-state index in [2.05, 4.69) is 37.0 Å². The van der Waals surface area contributed by atoms with Crippen molar-refractivity contribution in [3.8, 4) is 0 Å². The molecule has 2 atom stereocenters. The fourth-order valence-corrected chi connectivity index (χ4v) is 4.56. The number of H-pyrrole nitrogens is 2. The first-order chi connectivity index (χ1) is 14.2. The van der Waals surface area contributed by atoms with Crippen LogP contribution >= 0.6 is 0 Å². The van der Waals surface area contributed by atoms with Gasteiger partial charge in [-0.1, -0.05) is 6.92 Å². The molecule has 29 heavy (non-hydrogen) atoms. The molecule has 0 spiro atoms. The van der Waals surface area contributed by atoms with E-state index in [-0.39, 0.29) is 11.5 Å². The molecule has 2 aliphatic rings. The molecule has 5 heterocycles. The van der Waals surface area contributed by atoms with Gasteiger partial charge in [-0.3, -0.25) is 14.8 Å². The lowest BCUT2D eigenvalue weighted by Crippen LogP contribution is -2.22. The lowest BCUT2D eigenvalue weighted by molar-refractivity contribution is 0.0847. The number of hydrogen-bond donors (Lipinski definition) is 2. The number of rotatable bonds is 4. The number of hydrogen-bond acceptors (Lipinski definition) is 7. The van der Waals surface area contributed by atoms with Gasteiger partial charge in [-0.15, -0.1) is 0 Å². The Morgan fingerprint density at radius 1 is 1.17 bits per heavy atom. The monoisotopic (exact) mass is 395 g/mol. The highest BCUT2D eigenvalue weighted by Crippen LogP contribution is 2.33. The molecule has 9 heteroatoms. The Bertz CT molecular complexity index is 1040. The second kappa shape index (κ2) is 7.64. The normalized spacial score (nSPS) is 23.8. The van der Waals surface area contributed by atoms with E-state index in [1.807, 2.05) is 6.07 Å². The van der Waals surface area contributed by atoms with Crippen LogP contribution in [0, 0.1) is 5.92 Å². The number of likely N-dealkylation sites (tertiary alicyclic amines) is 1. The summed E-state index contributed by atoms with van der Waals surface area (Å²) in [5, 5.41) is 7.33. The first kappa shape index (κ1) is 18.4. The smallest absolute Gasteiger partial charge is 0.279 e. The third-order valence-electron chi connectivity index (χ3n) is 6.11. The maximum Gasteiger partial charge on any atom is 0.279 e. The van der Waals surface area contributed by atoms with Crippen molar-refractivity contribution in [2.45, 2.75) is 38.1 Å². The average molecular weight is 395 g/mol. The molecule has 5 rings (SSSR count). The summed E-state index contributed by atoms with van der Waals surface area (Å²) < 4.78 is 5.47. The summed E-state index contributed by atoms with van der Waals surface area (Å²) in [5.74, 6) is 2.41. The van der Waals surface area contributed by atoms with Crippen molar-refractivity contribution in [1.29, 1.82) is 0 Å². The maximum absolute atomic E-state index is 12.7. The van der Waals surface area contributed by atoms with Gasteiger partial charge in [0.05, 0.1) is 12.2 Å². The van der Waals surface area contributed by atoms with E-state index in [0.29, 0.717) is 29.4 Å². The average Bonchev–Trinajstić information content (AvgIpc) is 3.33. The van der Waals surface area contributed by atoms with Crippen molar-refractivity contribution in [3.63, 3.8) is 0 Å². The molecule has 2 fully saturated rings. The molecule has 3 aromatic rings. The second-order valence-corrected chi connectivity index (χ2v) is 8.12. The Kier molecular flexibility index (Phi) is 4.84. The van der Waals surface area contributed by atoms with Crippen LogP contribution in [0.2, 0.25) is 0 Å². The van der Waals surface area contributed by atoms with Crippen LogP contribution in [0.3, 0.4) is 0 Å². The van der Waals surface area contributed by atoms with E-state index in [0.717, 1.165) is 56.5 Å². The number of nitrogens with one attached hydrogen (secondary N) is 2. The second-order valence-electron chi connectivity index (χ2n) is 8.12. The summed E-state index contributed by atoms with van der Waals surface area (Å²) >= 11 is 0. The van der Waals surface area contributed by atoms with Crippen LogP contribution in [-0.2, 0) is 11.3 Å². The van der Waals surface area contributed by atoms with Gasteiger partial charge < -0.3 is 9.72 Å². The molecule has 0 aromatic carbocycles. The van der Waals surface area contributed by atoms with Crippen molar-refractivity contribution >= 4 is 11.0 Å². The van der Waals surface area contributed by atoms with Gasteiger partial charge in [0.2, 0.25) is 0 Å². The molecule has 2 N–H and O–H groups in total. The molecule has 2 aliphatic heterocycles. The highest BCUT2D eigenvalue weighted by molar-refractivity contribution is 5.76. The van der Waals surface area contributed by atoms with Crippen LogP contribution in [0.1, 0.15) is 48.9 Å². The Balaban J connectivity index is 1.43. The minimum absolute atomic E-state index is 0.160. The molecular formula is C20H25N7O2. The highest BCUT2D eigenvalue weighted by atomic mass is 16.5. The largest absolute Gasteiger partial charge is 0.381 e. The van der Waals surface area contributed by atoms with Crippen LogP contribution < -0.4 is 5.56 Å². The molecule has 0 aliphatic carbocycles. The topological polar surface area (TPSA) is 113 Å². The fraction of sp³-hybridized carbons (Fsp3) is 0.550. The van der Waals surface area contributed by atoms with E-state index >= 15 is 0 Å². The van der Waals surface area contributed by atoms with E-state index in [1.54, 1.807) is 12.4 Å². The summed E-state index contributed by atoms with van der Waals surface area (Å²) in [4.78, 5) is 31.6.